The van der Waals surface area contributed by atoms with Gasteiger partial charge in [-0.15, -0.1) is 10.2 Å². The number of aliphatic hydroxyl groups excluding tert-OH is 1. The number of nitrogens with zero attached hydrogens (tertiary/aromatic N) is 5. The Kier molecular flexibility index (Phi) is 3.63. The summed E-state index contributed by atoms with van der Waals surface area (Å²) in [6.07, 6.45) is 0.679. The average Bonchev–Trinajstić information content (AvgIpc) is 2.81. The molecule has 0 amide bonds. The molecule has 2 atom stereocenters. The highest BCUT2D eigenvalue weighted by Crippen LogP contribution is 2.21. The van der Waals surface area contributed by atoms with Crippen LogP contribution >= 0.6 is 0 Å². The van der Waals surface area contributed by atoms with E-state index in [0.717, 1.165) is 36.0 Å². The number of aryl methyl sites for hydroxylation is 2. The van der Waals surface area contributed by atoms with Gasteiger partial charge in [0.2, 0.25) is 0 Å². The summed E-state index contributed by atoms with van der Waals surface area (Å²) in [6, 6.07) is 5.88. The van der Waals surface area contributed by atoms with Crippen molar-refractivity contribution in [3.63, 3.8) is 0 Å². The molecule has 1 fully saturated rings. The van der Waals surface area contributed by atoms with E-state index in [1.807, 2.05) is 32.0 Å². The molecular formula is C15H21N5O. The van der Waals surface area contributed by atoms with Crippen LogP contribution in [0.1, 0.15) is 24.7 Å². The standard InChI is InChI=1S/C15H21N5O/c1-10-6-7-19(9-13(10)21)14-4-5-15(17-16-14)20-12(3)8-11(2)18-20/h4-5,8,10,13,21H,6-7,9H2,1-3H3. The summed E-state index contributed by atoms with van der Waals surface area (Å²) in [5.41, 5.74) is 2.00. The fourth-order valence-corrected chi connectivity index (χ4v) is 2.72. The van der Waals surface area contributed by atoms with E-state index >= 15 is 0 Å². The minimum Gasteiger partial charge on any atom is -0.391 e. The van der Waals surface area contributed by atoms with Crippen molar-refractivity contribution in [3.05, 3.63) is 29.6 Å². The highest BCUT2D eigenvalue weighted by atomic mass is 16.3. The molecular weight excluding hydrogens is 266 g/mol. The first-order valence-corrected chi connectivity index (χ1v) is 7.35. The summed E-state index contributed by atoms with van der Waals surface area (Å²) in [5.74, 6) is 1.88. The van der Waals surface area contributed by atoms with Crippen molar-refractivity contribution in [1.29, 1.82) is 0 Å². The molecule has 1 saturated heterocycles. The van der Waals surface area contributed by atoms with E-state index in [0.29, 0.717) is 12.5 Å². The molecule has 21 heavy (non-hydrogen) atoms. The van der Waals surface area contributed by atoms with E-state index in [-0.39, 0.29) is 6.10 Å². The van der Waals surface area contributed by atoms with Crippen molar-refractivity contribution in [2.75, 3.05) is 18.0 Å². The van der Waals surface area contributed by atoms with Gasteiger partial charge in [0.25, 0.3) is 0 Å². The van der Waals surface area contributed by atoms with Crippen molar-refractivity contribution in [2.45, 2.75) is 33.3 Å². The predicted octanol–water partition coefficient (Wildman–Crippen LogP) is 1.49. The lowest BCUT2D eigenvalue weighted by atomic mass is 9.96. The Morgan fingerprint density at radius 1 is 1.19 bits per heavy atom. The van der Waals surface area contributed by atoms with Gasteiger partial charge in [-0.25, -0.2) is 4.68 Å². The minimum atomic E-state index is -0.295. The first-order chi connectivity index (χ1) is 10.0. The number of anilines is 1. The van der Waals surface area contributed by atoms with E-state index in [1.165, 1.54) is 0 Å². The Hall–Kier alpha value is -1.95. The average molecular weight is 287 g/mol. The fourth-order valence-electron chi connectivity index (χ4n) is 2.72. The van der Waals surface area contributed by atoms with Crippen LogP contribution < -0.4 is 4.90 Å². The lowest BCUT2D eigenvalue weighted by molar-refractivity contribution is 0.102. The van der Waals surface area contributed by atoms with Crippen LogP contribution in [0.15, 0.2) is 18.2 Å². The molecule has 0 bridgehead atoms. The number of hydrogen-bond acceptors (Lipinski definition) is 5. The Balaban J connectivity index is 1.80. The second kappa shape index (κ2) is 5.44. The van der Waals surface area contributed by atoms with Crippen molar-refractivity contribution >= 4 is 5.82 Å². The number of aliphatic hydroxyl groups is 1. The van der Waals surface area contributed by atoms with Gasteiger partial charge in [0.05, 0.1) is 11.8 Å². The van der Waals surface area contributed by atoms with Crippen LogP contribution in [0.5, 0.6) is 0 Å². The molecule has 6 heteroatoms. The van der Waals surface area contributed by atoms with Gasteiger partial charge in [0.15, 0.2) is 11.6 Å². The van der Waals surface area contributed by atoms with E-state index in [9.17, 15) is 5.11 Å². The number of β-amino-alcohol motifs (C(OH)–C–C–N with tert-alkyl or cyclic N) is 1. The SMILES string of the molecule is Cc1cc(C)n(-c2ccc(N3CCC(C)C(O)C3)nn2)n1. The molecule has 0 aromatic carbocycles. The third-order valence-corrected chi connectivity index (χ3v) is 4.11. The largest absolute Gasteiger partial charge is 0.391 e. The number of rotatable bonds is 2. The van der Waals surface area contributed by atoms with E-state index in [4.69, 9.17) is 0 Å². The van der Waals surface area contributed by atoms with Crippen LogP contribution in [0.4, 0.5) is 5.82 Å². The molecule has 6 nitrogen and oxygen atoms in total. The van der Waals surface area contributed by atoms with E-state index in [2.05, 4.69) is 27.1 Å². The van der Waals surface area contributed by atoms with Gasteiger partial charge in [-0.3, -0.25) is 0 Å². The van der Waals surface area contributed by atoms with Crippen LogP contribution in [0.3, 0.4) is 0 Å². The molecule has 0 spiro atoms. The summed E-state index contributed by atoms with van der Waals surface area (Å²) in [4.78, 5) is 2.09. The zero-order chi connectivity index (χ0) is 15.0. The quantitative estimate of drug-likeness (QED) is 0.906. The topological polar surface area (TPSA) is 67.1 Å². The molecule has 3 rings (SSSR count). The molecule has 1 N–H and O–H groups in total. The Morgan fingerprint density at radius 2 is 1.90 bits per heavy atom. The molecule has 2 aromatic rings. The lowest BCUT2D eigenvalue weighted by Crippen LogP contribution is -2.43. The van der Waals surface area contributed by atoms with Crippen molar-refractivity contribution in [2.24, 2.45) is 5.92 Å². The molecule has 0 aliphatic carbocycles. The molecule has 0 radical (unpaired) electrons. The number of piperidine rings is 1. The number of hydrogen-bond donors (Lipinski definition) is 1. The molecule has 3 heterocycles. The Bertz CT molecular complexity index is 621. The first-order valence-electron chi connectivity index (χ1n) is 7.35. The molecule has 1 aliphatic rings. The molecule has 1 aliphatic heterocycles. The van der Waals surface area contributed by atoms with Gasteiger partial charge in [0.1, 0.15) is 0 Å². The summed E-state index contributed by atoms with van der Waals surface area (Å²) in [7, 11) is 0. The van der Waals surface area contributed by atoms with Crippen LogP contribution in [0.2, 0.25) is 0 Å². The van der Waals surface area contributed by atoms with Crippen molar-refractivity contribution in [3.8, 4) is 5.82 Å². The van der Waals surface area contributed by atoms with E-state index < -0.39 is 0 Å². The van der Waals surface area contributed by atoms with E-state index in [1.54, 1.807) is 4.68 Å². The second-order valence-electron chi connectivity index (χ2n) is 5.87. The minimum absolute atomic E-state index is 0.295. The Morgan fingerprint density at radius 3 is 2.48 bits per heavy atom. The van der Waals surface area contributed by atoms with Gasteiger partial charge < -0.3 is 10.0 Å². The summed E-state index contributed by atoms with van der Waals surface area (Å²) >= 11 is 0. The van der Waals surface area contributed by atoms with Crippen LogP contribution in [-0.4, -0.2) is 44.3 Å². The maximum atomic E-state index is 9.98. The van der Waals surface area contributed by atoms with Crippen LogP contribution in [-0.2, 0) is 0 Å². The zero-order valence-corrected chi connectivity index (χ0v) is 12.7. The monoisotopic (exact) mass is 287 g/mol. The molecule has 0 saturated carbocycles. The third kappa shape index (κ3) is 2.76. The van der Waals surface area contributed by atoms with Crippen LogP contribution in [0, 0.1) is 19.8 Å². The fraction of sp³-hybridized carbons (Fsp3) is 0.533. The van der Waals surface area contributed by atoms with Gasteiger partial charge in [-0.05, 0) is 44.4 Å². The smallest absolute Gasteiger partial charge is 0.176 e. The number of aromatic nitrogens is 4. The van der Waals surface area contributed by atoms with Gasteiger partial charge in [-0.2, -0.15) is 5.10 Å². The molecule has 2 unspecified atom stereocenters. The maximum Gasteiger partial charge on any atom is 0.176 e. The van der Waals surface area contributed by atoms with Gasteiger partial charge in [-0.1, -0.05) is 6.92 Å². The first kappa shape index (κ1) is 14.0. The highest BCUT2D eigenvalue weighted by Gasteiger charge is 2.25. The maximum absolute atomic E-state index is 9.98. The second-order valence-corrected chi connectivity index (χ2v) is 5.87. The predicted molar refractivity (Wildman–Crippen MR) is 80.6 cm³/mol. The lowest BCUT2D eigenvalue weighted by Gasteiger charge is -2.34. The third-order valence-electron chi connectivity index (χ3n) is 4.11. The Labute approximate surface area is 124 Å². The summed E-state index contributed by atoms with van der Waals surface area (Å²) < 4.78 is 1.79. The van der Waals surface area contributed by atoms with Crippen LogP contribution in [0.25, 0.3) is 5.82 Å². The zero-order valence-electron chi connectivity index (χ0n) is 12.7. The summed E-state index contributed by atoms with van der Waals surface area (Å²) in [5, 5.41) is 22.9. The van der Waals surface area contributed by atoms with Crippen molar-refractivity contribution < 1.29 is 5.11 Å². The summed E-state index contributed by atoms with van der Waals surface area (Å²) in [6.45, 7) is 7.57. The van der Waals surface area contributed by atoms with Gasteiger partial charge in [0, 0.05) is 18.8 Å². The molecule has 112 valence electrons. The normalized spacial score (nSPS) is 22.6. The van der Waals surface area contributed by atoms with Crippen molar-refractivity contribution in [1.82, 2.24) is 20.0 Å². The molecule has 2 aromatic heterocycles. The van der Waals surface area contributed by atoms with Gasteiger partial charge >= 0.3 is 0 Å². The highest BCUT2D eigenvalue weighted by molar-refractivity contribution is 5.40.